The second-order valence-electron chi connectivity index (χ2n) is 8.28. The van der Waals surface area contributed by atoms with Crippen molar-refractivity contribution in [2.75, 3.05) is 6.54 Å². The maximum absolute atomic E-state index is 12.7. The van der Waals surface area contributed by atoms with Crippen LogP contribution in [0.3, 0.4) is 0 Å². The first kappa shape index (κ1) is 25.2. The molecule has 0 aliphatic heterocycles. The van der Waals surface area contributed by atoms with Crippen molar-refractivity contribution in [3.8, 4) is 6.07 Å². The molecule has 2 rings (SSSR count). The normalized spacial score (nSPS) is 22.5. The van der Waals surface area contributed by atoms with Crippen LogP contribution in [0.15, 0.2) is 41.0 Å². The molecule has 0 bridgehead atoms. The summed E-state index contributed by atoms with van der Waals surface area (Å²) in [4.78, 5) is 15.9. The number of amides is 1. The third kappa shape index (κ3) is 7.27. The molecule has 3 atom stereocenters. The molecule has 32 heavy (non-hydrogen) atoms. The van der Waals surface area contributed by atoms with Gasteiger partial charge in [-0.3, -0.25) is 4.79 Å². The summed E-state index contributed by atoms with van der Waals surface area (Å²) in [5, 5.41) is 16.1. The first-order chi connectivity index (χ1) is 15.0. The minimum absolute atomic E-state index is 0.110. The van der Waals surface area contributed by atoms with Crippen LogP contribution in [-0.2, 0) is 11.0 Å². The summed E-state index contributed by atoms with van der Waals surface area (Å²) in [6, 6.07) is 6.43. The molecular formula is C22H29F3N6O. The van der Waals surface area contributed by atoms with Crippen LogP contribution in [0, 0.1) is 23.2 Å². The van der Waals surface area contributed by atoms with E-state index in [1.807, 2.05) is 0 Å². The van der Waals surface area contributed by atoms with Gasteiger partial charge in [0.25, 0.3) is 5.91 Å². The number of carbonyl (C=O) groups excluding carboxylic acids is 1. The molecular weight excluding hydrogens is 421 g/mol. The first-order valence-electron chi connectivity index (χ1n) is 10.4. The number of nitrogens with two attached hydrogens (primary N) is 2. The maximum atomic E-state index is 12.7. The first-order valence-corrected chi connectivity index (χ1v) is 10.4. The van der Waals surface area contributed by atoms with Crippen LogP contribution in [0.25, 0.3) is 0 Å². The van der Waals surface area contributed by atoms with Gasteiger partial charge in [-0.15, -0.1) is 0 Å². The van der Waals surface area contributed by atoms with Crippen molar-refractivity contribution in [1.29, 1.82) is 5.26 Å². The third-order valence-electron chi connectivity index (χ3n) is 5.26. The molecule has 1 fully saturated rings. The zero-order valence-electron chi connectivity index (χ0n) is 18.1. The Hall–Kier alpha value is -3.06. The van der Waals surface area contributed by atoms with E-state index >= 15 is 0 Å². The number of hydrogen-bond acceptors (Lipinski definition) is 5. The van der Waals surface area contributed by atoms with Gasteiger partial charge in [-0.05, 0) is 56.0 Å². The van der Waals surface area contributed by atoms with E-state index in [2.05, 4.69) is 35.5 Å². The third-order valence-corrected chi connectivity index (χ3v) is 5.26. The Balaban J connectivity index is 2.10. The van der Waals surface area contributed by atoms with Gasteiger partial charge in [0.05, 0.1) is 28.8 Å². The number of nitrogens with zero attached hydrogens (tertiary/aromatic N) is 2. The molecule has 0 radical (unpaired) electrons. The maximum Gasteiger partial charge on any atom is 0.416 e. The van der Waals surface area contributed by atoms with Gasteiger partial charge in [0.15, 0.2) is 0 Å². The molecule has 1 unspecified atom stereocenters. The number of aliphatic imine (C=N–C) groups is 1. The summed E-state index contributed by atoms with van der Waals surface area (Å²) >= 11 is 0. The van der Waals surface area contributed by atoms with Crippen LogP contribution >= 0.6 is 0 Å². The summed E-state index contributed by atoms with van der Waals surface area (Å²) in [5.74, 6) is -0.830. The Morgan fingerprint density at radius 1 is 1.28 bits per heavy atom. The second-order valence-corrected chi connectivity index (χ2v) is 8.28. The number of rotatable bonds is 8. The van der Waals surface area contributed by atoms with E-state index in [0.717, 1.165) is 37.2 Å². The molecule has 1 aliphatic carbocycles. The van der Waals surface area contributed by atoms with Gasteiger partial charge in [0.2, 0.25) is 0 Å². The Morgan fingerprint density at radius 2 is 1.94 bits per heavy atom. The number of halogens is 3. The Labute approximate surface area is 185 Å². The molecule has 0 aromatic heterocycles. The number of hydrogen-bond donors (Lipinski definition) is 4. The van der Waals surface area contributed by atoms with E-state index in [1.165, 1.54) is 6.20 Å². The predicted octanol–water partition coefficient (Wildman–Crippen LogP) is 2.96. The molecule has 0 heterocycles. The van der Waals surface area contributed by atoms with Gasteiger partial charge in [0.1, 0.15) is 5.84 Å². The molecule has 1 aromatic carbocycles. The molecule has 174 valence electrons. The average Bonchev–Trinajstić information content (AvgIpc) is 2.72. The standard InChI is InChI=1S/C22H29F3N6O/c1-13(2)11-29-17-7-8-19(14(9-17)10-26)30-12-18(21(28)32)20(27)31-16-5-3-15(4-6-16)22(23,24)25/h3-6,12-14,17,19,29-30H,7-9,11H2,1-2H3,(H2,27,31)(H2,28,32)/b18-12+/t14?,17-,19+/m0/s1. The second kappa shape index (κ2) is 11.0. The number of alkyl halides is 3. The molecule has 1 aromatic rings. The highest BCUT2D eigenvalue weighted by Gasteiger charge is 2.31. The summed E-state index contributed by atoms with van der Waals surface area (Å²) in [7, 11) is 0. The molecule has 1 saturated carbocycles. The minimum Gasteiger partial charge on any atom is -0.386 e. The highest BCUT2D eigenvalue weighted by atomic mass is 19.4. The summed E-state index contributed by atoms with van der Waals surface area (Å²) < 4.78 is 38.1. The van der Waals surface area contributed by atoms with Gasteiger partial charge in [-0.1, -0.05) is 13.8 Å². The van der Waals surface area contributed by atoms with Crippen molar-refractivity contribution in [3.05, 3.63) is 41.6 Å². The lowest BCUT2D eigenvalue weighted by Crippen LogP contribution is -2.45. The van der Waals surface area contributed by atoms with Crippen molar-refractivity contribution < 1.29 is 18.0 Å². The van der Waals surface area contributed by atoms with Crippen LogP contribution in [-0.4, -0.2) is 30.4 Å². The van der Waals surface area contributed by atoms with E-state index < -0.39 is 17.6 Å². The van der Waals surface area contributed by atoms with Gasteiger partial charge >= 0.3 is 6.18 Å². The van der Waals surface area contributed by atoms with E-state index in [9.17, 15) is 23.2 Å². The van der Waals surface area contributed by atoms with Crippen molar-refractivity contribution >= 4 is 17.4 Å². The van der Waals surface area contributed by atoms with Crippen LogP contribution in [0.2, 0.25) is 0 Å². The van der Waals surface area contributed by atoms with Gasteiger partial charge < -0.3 is 22.1 Å². The summed E-state index contributed by atoms with van der Waals surface area (Å²) in [6.07, 6.45) is -0.863. The van der Waals surface area contributed by atoms with Gasteiger partial charge in [-0.2, -0.15) is 18.4 Å². The lowest BCUT2D eigenvalue weighted by atomic mass is 9.82. The molecule has 1 amide bonds. The van der Waals surface area contributed by atoms with Crippen molar-refractivity contribution in [2.24, 2.45) is 28.3 Å². The molecule has 6 N–H and O–H groups in total. The Bertz CT molecular complexity index is 886. The Kier molecular flexibility index (Phi) is 8.66. The topological polar surface area (TPSA) is 129 Å². The van der Waals surface area contributed by atoms with Crippen LogP contribution in [0.4, 0.5) is 18.9 Å². The highest BCUT2D eigenvalue weighted by Crippen LogP contribution is 2.30. The fraction of sp³-hybridized carbons (Fsp3) is 0.500. The summed E-state index contributed by atoms with van der Waals surface area (Å²) in [5.41, 5.74) is 10.5. The number of amidine groups is 1. The van der Waals surface area contributed by atoms with Crippen LogP contribution in [0.1, 0.15) is 38.7 Å². The smallest absolute Gasteiger partial charge is 0.386 e. The number of benzene rings is 1. The molecule has 7 nitrogen and oxygen atoms in total. The molecule has 0 saturated heterocycles. The average molecular weight is 451 g/mol. The molecule has 1 aliphatic rings. The minimum atomic E-state index is -4.46. The van der Waals surface area contributed by atoms with E-state index in [-0.39, 0.29) is 35.1 Å². The largest absolute Gasteiger partial charge is 0.416 e. The van der Waals surface area contributed by atoms with Crippen molar-refractivity contribution in [3.63, 3.8) is 0 Å². The summed E-state index contributed by atoms with van der Waals surface area (Å²) in [6.45, 7) is 5.12. The van der Waals surface area contributed by atoms with E-state index in [1.54, 1.807) is 0 Å². The quantitative estimate of drug-likeness (QED) is 0.275. The number of nitrogens with one attached hydrogen (secondary N) is 2. The number of carbonyl (C=O) groups is 1. The highest BCUT2D eigenvalue weighted by molar-refractivity contribution is 6.20. The monoisotopic (exact) mass is 450 g/mol. The predicted molar refractivity (Wildman–Crippen MR) is 117 cm³/mol. The van der Waals surface area contributed by atoms with Gasteiger partial charge in [-0.25, -0.2) is 4.99 Å². The lowest BCUT2D eigenvalue weighted by Gasteiger charge is -2.33. The molecule has 10 heteroatoms. The van der Waals surface area contributed by atoms with Gasteiger partial charge in [0, 0.05) is 18.3 Å². The Morgan fingerprint density at radius 3 is 2.47 bits per heavy atom. The zero-order valence-corrected chi connectivity index (χ0v) is 18.1. The van der Waals surface area contributed by atoms with Crippen LogP contribution in [0.5, 0.6) is 0 Å². The van der Waals surface area contributed by atoms with Crippen LogP contribution < -0.4 is 22.1 Å². The zero-order chi connectivity index (χ0) is 23.9. The SMILES string of the molecule is CC(C)CN[C@H]1CC[C@@H](N/C=C(/C(N)=O)C(N)=Nc2ccc(C(F)(F)F)cc2)C(C#N)C1. The molecule has 0 spiro atoms. The van der Waals surface area contributed by atoms with Crippen molar-refractivity contribution in [2.45, 2.75) is 51.4 Å². The fourth-order valence-electron chi connectivity index (χ4n) is 3.49. The number of nitriles is 1. The van der Waals surface area contributed by atoms with Crippen molar-refractivity contribution in [1.82, 2.24) is 10.6 Å². The number of primary amides is 1. The fourth-order valence-corrected chi connectivity index (χ4v) is 3.49. The van der Waals surface area contributed by atoms with E-state index in [4.69, 9.17) is 11.5 Å². The van der Waals surface area contributed by atoms with E-state index in [0.29, 0.717) is 18.8 Å². The lowest BCUT2D eigenvalue weighted by molar-refractivity contribution is -0.137.